The first-order valence-electron chi connectivity index (χ1n) is 3.22. The van der Waals surface area contributed by atoms with Gasteiger partial charge in [-0.25, -0.2) is 4.98 Å². The Bertz CT molecular complexity index is 264. The zero-order chi connectivity index (χ0) is 7.14. The number of hydrogen-bond donors (Lipinski definition) is 0. The molecule has 0 bridgehead atoms. The summed E-state index contributed by atoms with van der Waals surface area (Å²) in [6, 6.07) is 0. The Hall–Kier alpha value is -0.700. The molecular weight excluding hydrogens is 146 g/mol. The van der Waals surface area contributed by atoms with Crippen molar-refractivity contribution in [3.63, 3.8) is 0 Å². The number of nitrogens with zero attached hydrogens (tertiary/aromatic N) is 1. The van der Waals surface area contributed by atoms with Crippen molar-refractivity contribution in [1.29, 1.82) is 0 Å². The number of carbonyl (C=O) groups is 1. The van der Waals surface area contributed by atoms with E-state index in [1.54, 1.807) is 11.3 Å². The van der Waals surface area contributed by atoms with E-state index in [1.165, 1.54) is 4.88 Å². The molecule has 0 fully saturated rings. The number of rotatable bonds is 0. The molecule has 1 heterocycles. The molecule has 10 heavy (non-hydrogen) atoms. The molecule has 1 aromatic rings. The van der Waals surface area contributed by atoms with E-state index in [0.29, 0.717) is 18.6 Å². The summed E-state index contributed by atoms with van der Waals surface area (Å²) in [5, 5.41) is 1.08. The predicted molar refractivity (Wildman–Crippen MR) is 39.3 cm³/mol. The van der Waals surface area contributed by atoms with Crippen LogP contribution >= 0.6 is 11.3 Å². The normalized spacial score (nSPS) is 15.9. The Morgan fingerprint density at radius 3 is 3.00 bits per heavy atom. The molecule has 0 amide bonds. The average Bonchev–Trinajstić information content (AvgIpc) is 2.21. The van der Waals surface area contributed by atoms with Gasteiger partial charge in [0.15, 0.2) is 0 Å². The van der Waals surface area contributed by atoms with Crippen LogP contribution in [0.3, 0.4) is 0 Å². The van der Waals surface area contributed by atoms with Crippen molar-refractivity contribution >= 4 is 17.1 Å². The van der Waals surface area contributed by atoms with E-state index in [9.17, 15) is 4.79 Å². The first kappa shape index (κ1) is 6.04. The summed E-state index contributed by atoms with van der Waals surface area (Å²) < 4.78 is 0. The van der Waals surface area contributed by atoms with Crippen molar-refractivity contribution in [2.45, 2.75) is 19.8 Å². The standard InChI is InChI=1S/C7H7NOS/c1-4-8-6-2-5(9)3-7(6)10-4/h2-3H2,1H3. The van der Waals surface area contributed by atoms with Crippen LogP contribution in [0.15, 0.2) is 0 Å². The second-order valence-corrected chi connectivity index (χ2v) is 3.78. The number of Topliss-reactive ketones (excluding diaryl/α,β-unsaturated/α-hetero) is 1. The van der Waals surface area contributed by atoms with E-state index in [0.717, 1.165) is 10.7 Å². The molecule has 3 heteroatoms. The SMILES string of the molecule is Cc1nc2c(s1)CC(=O)C2. The van der Waals surface area contributed by atoms with E-state index >= 15 is 0 Å². The molecule has 52 valence electrons. The zero-order valence-electron chi connectivity index (χ0n) is 5.68. The molecule has 0 saturated carbocycles. The van der Waals surface area contributed by atoms with Gasteiger partial charge in [-0.1, -0.05) is 0 Å². The summed E-state index contributed by atoms with van der Waals surface area (Å²) >= 11 is 1.65. The molecular formula is C7H7NOS. The molecule has 2 nitrogen and oxygen atoms in total. The van der Waals surface area contributed by atoms with Crippen LogP contribution in [0.5, 0.6) is 0 Å². The van der Waals surface area contributed by atoms with Crippen LogP contribution in [0.1, 0.15) is 15.6 Å². The van der Waals surface area contributed by atoms with Gasteiger partial charge in [0.25, 0.3) is 0 Å². The highest BCUT2D eigenvalue weighted by atomic mass is 32.1. The Morgan fingerprint density at radius 2 is 2.30 bits per heavy atom. The smallest absolute Gasteiger partial charge is 0.144 e. The molecule has 1 aromatic heterocycles. The first-order chi connectivity index (χ1) is 4.75. The second kappa shape index (κ2) is 1.89. The molecule has 0 atom stereocenters. The van der Waals surface area contributed by atoms with Gasteiger partial charge in [-0.15, -0.1) is 11.3 Å². The van der Waals surface area contributed by atoms with Crippen molar-refractivity contribution in [1.82, 2.24) is 4.98 Å². The van der Waals surface area contributed by atoms with Crippen molar-refractivity contribution in [3.05, 3.63) is 15.6 Å². The van der Waals surface area contributed by atoms with Gasteiger partial charge in [0.2, 0.25) is 0 Å². The number of hydrogen-bond acceptors (Lipinski definition) is 3. The van der Waals surface area contributed by atoms with E-state index in [4.69, 9.17) is 0 Å². The number of fused-ring (bicyclic) bond motifs is 1. The Labute approximate surface area is 62.9 Å². The van der Waals surface area contributed by atoms with Crippen LogP contribution in [0, 0.1) is 6.92 Å². The average molecular weight is 153 g/mol. The maximum atomic E-state index is 10.8. The monoisotopic (exact) mass is 153 g/mol. The second-order valence-electron chi connectivity index (χ2n) is 2.49. The number of thiazole rings is 1. The maximum Gasteiger partial charge on any atom is 0.144 e. The molecule has 0 spiro atoms. The quantitative estimate of drug-likeness (QED) is 0.559. The zero-order valence-corrected chi connectivity index (χ0v) is 6.49. The molecule has 2 rings (SSSR count). The van der Waals surface area contributed by atoms with Gasteiger partial charge in [-0.2, -0.15) is 0 Å². The highest BCUT2D eigenvalue weighted by Crippen LogP contribution is 2.24. The lowest BCUT2D eigenvalue weighted by Gasteiger charge is -1.81. The minimum Gasteiger partial charge on any atom is -0.299 e. The minimum atomic E-state index is 0.314. The molecule has 1 aliphatic carbocycles. The molecule has 0 saturated heterocycles. The van der Waals surface area contributed by atoms with Gasteiger partial charge in [0.05, 0.1) is 17.1 Å². The van der Waals surface area contributed by atoms with Crippen LogP contribution in [-0.2, 0) is 17.6 Å². The lowest BCUT2D eigenvalue weighted by atomic mass is 10.3. The van der Waals surface area contributed by atoms with Crippen LogP contribution in [-0.4, -0.2) is 10.8 Å². The highest BCUT2D eigenvalue weighted by Gasteiger charge is 2.21. The third-order valence-corrected chi connectivity index (χ3v) is 2.62. The van der Waals surface area contributed by atoms with Crippen molar-refractivity contribution in [2.75, 3.05) is 0 Å². The molecule has 0 unspecified atom stereocenters. The van der Waals surface area contributed by atoms with E-state index < -0.39 is 0 Å². The van der Waals surface area contributed by atoms with Crippen LogP contribution in [0.25, 0.3) is 0 Å². The fourth-order valence-corrected chi connectivity index (χ4v) is 2.20. The van der Waals surface area contributed by atoms with Crippen molar-refractivity contribution in [3.8, 4) is 0 Å². The van der Waals surface area contributed by atoms with E-state index in [-0.39, 0.29) is 0 Å². The van der Waals surface area contributed by atoms with E-state index in [2.05, 4.69) is 4.98 Å². The third-order valence-electron chi connectivity index (χ3n) is 1.61. The van der Waals surface area contributed by atoms with Gasteiger partial charge in [-0.05, 0) is 6.92 Å². The number of ketones is 1. The molecule has 0 N–H and O–H groups in total. The Kier molecular flexibility index (Phi) is 1.14. The van der Waals surface area contributed by atoms with Gasteiger partial charge in [0.1, 0.15) is 5.78 Å². The predicted octanol–water partition coefficient (Wildman–Crippen LogP) is 1.12. The summed E-state index contributed by atoms with van der Waals surface area (Å²) in [4.78, 5) is 16.3. The Balaban J connectivity index is 2.47. The molecule has 0 aromatic carbocycles. The van der Waals surface area contributed by atoms with Crippen molar-refractivity contribution in [2.24, 2.45) is 0 Å². The van der Waals surface area contributed by atoms with Gasteiger partial charge in [0, 0.05) is 11.3 Å². The third kappa shape index (κ3) is 0.778. The number of carbonyl (C=O) groups excluding carboxylic acids is 1. The van der Waals surface area contributed by atoms with E-state index in [1.807, 2.05) is 6.92 Å². The lowest BCUT2D eigenvalue weighted by molar-refractivity contribution is -0.117. The van der Waals surface area contributed by atoms with Crippen LogP contribution in [0.2, 0.25) is 0 Å². The Morgan fingerprint density at radius 1 is 1.50 bits per heavy atom. The molecule has 0 radical (unpaired) electrons. The number of aromatic nitrogens is 1. The topological polar surface area (TPSA) is 30.0 Å². The largest absolute Gasteiger partial charge is 0.299 e. The van der Waals surface area contributed by atoms with Gasteiger partial charge >= 0.3 is 0 Å². The maximum absolute atomic E-state index is 10.8. The minimum absolute atomic E-state index is 0.314. The van der Waals surface area contributed by atoms with Crippen LogP contribution in [0.4, 0.5) is 0 Å². The number of aryl methyl sites for hydroxylation is 1. The highest BCUT2D eigenvalue weighted by molar-refractivity contribution is 7.11. The van der Waals surface area contributed by atoms with Crippen LogP contribution < -0.4 is 0 Å². The van der Waals surface area contributed by atoms with Gasteiger partial charge in [-0.3, -0.25) is 4.79 Å². The fourth-order valence-electron chi connectivity index (χ4n) is 1.22. The molecule has 1 aliphatic rings. The summed E-state index contributed by atoms with van der Waals surface area (Å²) in [5.74, 6) is 0.314. The molecule has 0 aliphatic heterocycles. The summed E-state index contributed by atoms with van der Waals surface area (Å²) in [5.41, 5.74) is 1.02. The lowest BCUT2D eigenvalue weighted by Crippen LogP contribution is -1.94. The fraction of sp³-hybridized carbons (Fsp3) is 0.429. The first-order valence-corrected chi connectivity index (χ1v) is 4.04. The summed E-state index contributed by atoms with van der Waals surface area (Å²) in [6.07, 6.45) is 1.19. The summed E-state index contributed by atoms with van der Waals surface area (Å²) in [7, 11) is 0. The summed E-state index contributed by atoms with van der Waals surface area (Å²) in [6.45, 7) is 1.98. The van der Waals surface area contributed by atoms with Gasteiger partial charge < -0.3 is 0 Å². The van der Waals surface area contributed by atoms with Crippen molar-refractivity contribution < 1.29 is 4.79 Å².